The summed E-state index contributed by atoms with van der Waals surface area (Å²) in [6, 6.07) is 4.47. The highest BCUT2D eigenvalue weighted by Crippen LogP contribution is 2.50. The second-order valence-electron chi connectivity index (χ2n) is 7.96. The van der Waals surface area contributed by atoms with Crippen molar-refractivity contribution >= 4 is 27.3 Å². The molecule has 4 rings (SSSR count). The van der Waals surface area contributed by atoms with Crippen molar-refractivity contribution in [3.05, 3.63) is 52.7 Å². The maximum atomic E-state index is 12.9. The van der Waals surface area contributed by atoms with Crippen LogP contribution in [0.2, 0.25) is 0 Å². The lowest BCUT2D eigenvalue weighted by atomic mass is 10.0. The van der Waals surface area contributed by atoms with Gasteiger partial charge in [-0.1, -0.05) is 12.1 Å². The zero-order valence-corrected chi connectivity index (χ0v) is 17.7. The number of pyridine rings is 1. The van der Waals surface area contributed by atoms with Crippen molar-refractivity contribution in [2.24, 2.45) is 7.05 Å². The molecule has 0 amide bonds. The third-order valence-corrected chi connectivity index (χ3v) is 7.31. The standard InChI is InChI=1S/C20H21F3N4O4S/c1-27-11-26-16-14(12-2-4-13(5-3-12)20(21,22)23)8-24-17(15(16)18(27)28)25-9-19(29)6-7-32(30,31)10-19/h2-5,8,11,29-31H,6-7,9-10H2,1H3,(H,24,25). The number of aromatic nitrogens is 3. The fourth-order valence-electron chi connectivity index (χ4n) is 3.71. The summed E-state index contributed by atoms with van der Waals surface area (Å²) in [5.41, 5.74) is -1.56. The molecule has 32 heavy (non-hydrogen) atoms. The number of hydrogen-bond donors (Lipinski definition) is 4. The number of nitrogens with one attached hydrogen (secondary N) is 1. The molecule has 1 aliphatic heterocycles. The normalized spacial score (nSPS) is 21.6. The number of aliphatic hydroxyl groups is 1. The third-order valence-electron chi connectivity index (χ3n) is 5.45. The van der Waals surface area contributed by atoms with Gasteiger partial charge in [-0.2, -0.15) is 23.8 Å². The summed E-state index contributed by atoms with van der Waals surface area (Å²) in [7, 11) is -1.34. The molecule has 1 saturated heterocycles. The molecule has 0 saturated carbocycles. The topological polar surface area (TPSA) is 120 Å². The van der Waals surface area contributed by atoms with E-state index in [4.69, 9.17) is 0 Å². The first-order chi connectivity index (χ1) is 14.9. The van der Waals surface area contributed by atoms with Crippen molar-refractivity contribution in [2.75, 3.05) is 23.4 Å². The Hall–Kier alpha value is -2.67. The van der Waals surface area contributed by atoms with Crippen LogP contribution in [-0.4, -0.2) is 52.4 Å². The molecule has 1 unspecified atom stereocenters. The lowest BCUT2D eigenvalue weighted by Gasteiger charge is -2.29. The largest absolute Gasteiger partial charge is 0.416 e. The molecule has 0 spiro atoms. The minimum Gasteiger partial charge on any atom is -0.386 e. The number of hydrogen-bond acceptors (Lipinski definition) is 7. The van der Waals surface area contributed by atoms with Gasteiger partial charge in [-0.3, -0.25) is 13.9 Å². The fourth-order valence-corrected chi connectivity index (χ4v) is 5.67. The summed E-state index contributed by atoms with van der Waals surface area (Å²) in [6.07, 6.45) is -1.59. The highest BCUT2D eigenvalue weighted by Gasteiger charge is 2.40. The molecule has 8 nitrogen and oxygen atoms in total. The van der Waals surface area contributed by atoms with Gasteiger partial charge in [0.05, 0.1) is 23.2 Å². The Labute approximate surface area is 182 Å². The zero-order valence-electron chi connectivity index (χ0n) is 16.9. The average Bonchev–Trinajstić information content (AvgIpc) is 3.01. The summed E-state index contributed by atoms with van der Waals surface area (Å²) >= 11 is 0. The van der Waals surface area contributed by atoms with Gasteiger partial charge >= 0.3 is 6.18 Å². The Morgan fingerprint density at radius 3 is 2.50 bits per heavy atom. The number of benzene rings is 1. The second-order valence-corrected chi connectivity index (χ2v) is 10.3. The molecule has 1 aliphatic rings. The zero-order chi connectivity index (χ0) is 23.3. The maximum absolute atomic E-state index is 12.9. The predicted molar refractivity (Wildman–Crippen MR) is 116 cm³/mol. The minimum absolute atomic E-state index is 0.0668. The smallest absolute Gasteiger partial charge is 0.386 e. The van der Waals surface area contributed by atoms with Gasteiger partial charge in [0.15, 0.2) is 0 Å². The molecule has 0 radical (unpaired) electrons. The van der Waals surface area contributed by atoms with Gasteiger partial charge < -0.3 is 15.0 Å². The predicted octanol–water partition coefficient (Wildman–Crippen LogP) is 3.31. The maximum Gasteiger partial charge on any atom is 0.416 e. The Morgan fingerprint density at radius 2 is 1.91 bits per heavy atom. The van der Waals surface area contributed by atoms with Crippen molar-refractivity contribution in [1.29, 1.82) is 0 Å². The number of fused-ring (bicyclic) bond motifs is 1. The number of anilines is 1. The summed E-state index contributed by atoms with van der Waals surface area (Å²) in [6.45, 7) is -0.0668. The number of alkyl halides is 3. The molecule has 4 N–H and O–H groups in total. The molecule has 12 heteroatoms. The van der Waals surface area contributed by atoms with Crippen molar-refractivity contribution in [1.82, 2.24) is 14.5 Å². The summed E-state index contributed by atoms with van der Waals surface area (Å²) < 4.78 is 59.5. The van der Waals surface area contributed by atoms with Gasteiger partial charge in [0, 0.05) is 31.1 Å². The highest BCUT2D eigenvalue weighted by molar-refractivity contribution is 8.24. The molecule has 3 aromatic rings. The fraction of sp³-hybridized carbons (Fsp3) is 0.350. The van der Waals surface area contributed by atoms with E-state index >= 15 is 0 Å². The van der Waals surface area contributed by atoms with E-state index in [0.29, 0.717) is 11.1 Å². The molecule has 2 aromatic heterocycles. The monoisotopic (exact) mass is 470 g/mol. The van der Waals surface area contributed by atoms with Crippen LogP contribution in [0, 0.1) is 0 Å². The highest BCUT2D eigenvalue weighted by atomic mass is 32.3. The van der Waals surface area contributed by atoms with E-state index in [9.17, 15) is 32.2 Å². The van der Waals surface area contributed by atoms with Gasteiger partial charge in [0.2, 0.25) is 0 Å². The number of nitrogens with zero attached hydrogens (tertiary/aromatic N) is 3. The van der Waals surface area contributed by atoms with E-state index in [1.165, 1.54) is 36.3 Å². The van der Waals surface area contributed by atoms with Crippen LogP contribution in [0.4, 0.5) is 19.0 Å². The van der Waals surface area contributed by atoms with E-state index in [0.717, 1.165) is 12.1 Å². The first-order valence-electron chi connectivity index (χ1n) is 9.60. The van der Waals surface area contributed by atoms with Crippen LogP contribution in [0.3, 0.4) is 0 Å². The van der Waals surface area contributed by atoms with Crippen molar-refractivity contribution in [3.8, 4) is 11.1 Å². The second kappa shape index (κ2) is 7.73. The van der Waals surface area contributed by atoms with Crippen LogP contribution >= 0.6 is 10.6 Å². The van der Waals surface area contributed by atoms with E-state index in [1.54, 1.807) is 0 Å². The quantitative estimate of drug-likeness (QED) is 0.462. The van der Waals surface area contributed by atoms with E-state index < -0.39 is 33.5 Å². The first kappa shape index (κ1) is 22.5. The van der Waals surface area contributed by atoms with Crippen LogP contribution in [0.15, 0.2) is 41.6 Å². The van der Waals surface area contributed by atoms with Crippen LogP contribution in [0.25, 0.3) is 22.0 Å². The number of aryl methyl sites for hydroxylation is 1. The lowest BCUT2D eigenvalue weighted by molar-refractivity contribution is -0.137. The van der Waals surface area contributed by atoms with E-state index in [1.807, 2.05) is 0 Å². The van der Waals surface area contributed by atoms with Crippen LogP contribution in [-0.2, 0) is 13.2 Å². The van der Waals surface area contributed by atoms with Crippen molar-refractivity contribution in [2.45, 2.75) is 18.2 Å². The van der Waals surface area contributed by atoms with E-state index in [2.05, 4.69) is 15.3 Å². The molecular formula is C20H21F3N4O4S. The number of halogens is 3. The lowest BCUT2D eigenvalue weighted by Crippen LogP contribution is -2.38. The van der Waals surface area contributed by atoms with Gasteiger partial charge in [0.25, 0.3) is 5.56 Å². The minimum atomic E-state index is -4.47. The molecule has 1 aromatic carbocycles. The van der Waals surface area contributed by atoms with Crippen LogP contribution in [0.5, 0.6) is 0 Å². The molecule has 172 valence electrons. The molecular weight excluding hydrogens is 449 g/mol. The molecule has 0 bridgehead atoms. The van der Waals surface area contributed by atoms with Crippen LogP contribution < -0.4 is 10.9 Å². The summed E-state index contributed by atoms with van der Waals surface area (Å²) in [4.78, 5) is 21.4. The van der Waals surface area contributed by atoms with Crippen molar-refractivity contribution < 1.29 is 27.4 Å². The summed E-state index contributed by atoms with van der Waals surface area (Å²) in [5.74, 6) is 0.0570. The van der Waals surface area contributed by atoms with Gasteiger partial charge in [0.1, 0.15) is 16.8 Å². The Balaban J connectivity index is 1.74. The van der Waals surface area contributed by atoms with Gasteiger partial charge in [-0.15, -0.1) is 0 Å². The molecule has 0 aliphatic carbocycles. The Morgan fingerprint density at radius 1 is 1.22 bits per heavy atom. The van der Waals surface area contributed by atoms with Crippen molar-refractivity contribution in [3.63, 3.8) is 0 Å². The SMILES string of the molecule is Cn1cnc2c(-c3ccc(C(F)(F)F)cc3)cnc(NCC3(O)CCS(O)(O)C3)c2c1=O. The van der Waals surface area contributed by atoms with Gasteiger partial charge in [-0.25, -0.2) is 9.97 Å². The molecule has 3 heterocycles. The Bertz CT molecular complexity index is 1230. The Kier molecular flexibility index (Phi) is 5.44. The third kappa shape index (κ3) is 4.31. The van der Waals surface area contributed by atoms with E-state index in [-0.39, 0.29) is 41.2 Å². The molecule has 1 atom stereocenters. The number of rotatable bonds is 4. The van der Waals surface area contributed by atoms with Gasteiger partial charge in [-0.05, 0) is 24.1 Å². The molecule has 1 fully saturated rings. The first-order valence-corrected chi connectivity index (χ1v) is 11.5. The summed E-state index contributed by atoms with van der Waals surface area (Å²) in [5, 5.41) is 13.7. The van der Waals surface area contributed by atoms with Crippen LogP contribution in [0.1, 0.15) is 12.0 Å². The average molecular weight is 470 g/mol.